The van der Waals surface area contributed by atoms with Gasteiger partial charge in [0.2, 0.25) is 6.79 Å². The van der Waals surface area contributed by atoms with Crippen LogP contribution in [0.5, 0.6) is 23.0 Å². The smallest absolute Gasteiger partial charge is 0.410 e. The Balaban J connectivity index is 1.31. The van der Waals surface area contributed by atoms with E-state index in [2.05, 4.69) is 17.6 Å². The molecule has 0 radical (unpaired) electrons. The second-order valence-electron chi connectivity index (χ2n) is 10.8. The van der Waals surface area contributed by atoms with E-state index in [0.717, 1.165) is 35.5 Å². The fourth-order valence-corrected chi connectivity index (χ4v) is 4.84. The number of benzene rings is 3. The molecule has 242 valence electrons. The molecule has 3 aromatic carbocycles. The van der Waals surface area contributed by atoms with Gasteiger partial charge in [-0.2, -0.15) is 0 Å². The van der Waals surface area contributed by atoms with E-state index >= 15 is 0 Å². The second kappa shape index (κ2) is 17.0. The monoisotopic (exact) mass is 621 g/mol. The molecule has 1 aliphatic heterocycles. The zero-order valence-electron chi connectivity index (χ0n) is 26.1. The highest BCUT2D eigenvalue weighted by molar-refractivity contribution is 5.74. The molecule has 3 N–H and O–H groups in total. The third-order valence-electron chi connectivity index (χ3n) is 7.46. The fourth-order valence-electron chi connectivity index (χ4n) is 4.84. The van der Waals surface area contributed by atoms with Crippen molar-refractivity contribution < 1.29 is 38.4 Å². The van der Waals surface area contributed by atoms with E-state index in [0.29, 0.717) is 43.0 Å². The lowest BCUT2D eigenvalue weighted by molar-refractivity contribution is 0.0873. The summed E-state index contributed by atoms with van der Waals surface area (Å²) in [5.74, 6) is 2.70. The summed E-state index contributed by atoms with van der Waals surface area (Å²) < 4.78 is 27.0. The number of urea groups is 1. The summed E-state index contributed by atoms with van der Waals surface area (Å²) in [6.07, 6.45) is 1.47. The summed E-state index contributed by atoms with van der Waals surface area (Å²) in [5.41, 5.74) is 2.52. The topological polar surface area (TPSA) is 128 Å². The van der Waals surface area contributed by atoms with Gasteiger partial charge in [0.25, 0.3) is 0 Å². The Morgan fingerprint density at radius 3 is 2.11 bits per heavy atom. The standard InChI is InChI=1S/C34H43N3O8/c1-4-5-6-27(36-33(39)35-18-17-30(38)26-11-16-31-32(19-26)45-23-44-31)22-43-34(40)37(20-24-7-12-28(41-2)13-8-24)21-25-9-14-29(42-3)15-10-25/h7-16,19,27,30,38H,4-6,17-18,20-23H2,1-3H3,(H2,35,36,39)/t27-,30?/m1/s1. The van der Waals surface area contributed by atoms with Crippen molar-refractivity contribution in [2.45, 2.75) is 57.8 Å². The Bertz CT molecular complexity index is 1320. The molecule has 1 unspecified atom stereocenters. The largest absolute Gasteiger partial charge is 0.497 e. The molecular formula is C34H43N3O8. The first-order valence-electron chi connectivity index (χ1n) is 15.2. The normalized spacial score (nSPS) is 13.0. The van der Waals surface area contributed by atoms with Gasteiger partial charge in [-0.05, 0) is 65.9 Å². The number of aliphatic hydroxyl groups excluding tert-OH is 1. The van der Waals surface area contributed by atoms with Crippen LogP contribution in [0.3, 0.4) is 0 Å². The molecule has 0 aliphatic carbocycles. The number of fused-ring (bicyclic) bond motifs is 1. The van der Waals surface area contributed by atoms with Gasteiger partial charge < -0.3 is 39.4 Å². The minimum atomic E-state index is -0.779. The molecule has 11 heteroatoms. The predicted molar refractivity (Wildman–Crippen MR) is 169 cm³/mol. The van der Waals surface area contributed by atoms with E-state index in [1.165, 1.54) is 0 Å². The van der Waals surface area contributed by atoms with Crippen molar-refractivity contribution >= 4 is 12.1 Å². The van der Waals surface area contributed by atoms with Crippen LogP contribution < -0.4 is 29.6 Å². The lowest BCUT2D eigenvalue weighted by atomic mass is 10.1. The van der Waals surface area contributed by atoms with Gasteiger partial charge in [0, 0.05) is 19.6 Å². The number of unbranched alkanes of at least 4 members (excludes halogenated alkanes) is 1. The summed E-state index contributed by atoms with van der Waals surface area (Å²) in [6.45, 7) is 3.15. The molecule has 3 amide bonds. The van der Waals surface area contributed by atoms with Crippen molar-refractivity contribution in [1.82, 2.24) is 15.5 Å². The molecule has 1 aliphatic rings. The van der Waals surface area contributed by atoms with Gasteiger partial charge >= 0.3 is 12.1 Å². The Morgan fingerprint density at radius 1 is 0.889 bits per heavy atom. The van der Waals surface area contributed by atoms with Crippen LogP contribution in [0.1, 0.15) is 55.4 Å². The average molecular weight is 622 g/mol. The molecular weight excluding hydrogens is 578 g/mol. The maximum absolute atomic E-state index is 13.4. The molecule has 0 saturated carbocycles. The quantitative estimate of drug-likeness (QED) is 0.190. The summed E-state index contributed by atoms with van der Waals surface area (Å²) in [6, 6.07) is 19.6. The van der Waals surface area contributed by atoms with Crippen LogP contribution in [0.15, 0.2) is 66.7 Å². The maximum Gasteiger partial charge on any atom is 0.410 e. The number of methoxy groups -OCH3 is 2. The SMILES string of the molecule is CCCC[C@H](COC(=O)N(Cc1ccc(OC)cc1)Cc1ccc(OC)cc1)NC(=O)NCCC(O)c1ccc2c(c1)OCO2. The van der Waals surface area contributed by atoms with Crippen molar-refractivity contribution in [3.8, 4) is 23.0 Å². The highest BCUT2D eigenvalue weighted by Gasteiger charge is 2.21. The number of aliphatic hydroxyl groups is 1. The first-order chi connectivity index (χ1) is 21.9. The molecule has 0 saturated heterocycles. The second-order valence-corrected chi connectivity index (χ2v) is 10.8. The van der Waals surface area contributed by atoms with Crippen molar-refractivity contribution in [1.29, 1.82) is 0 Å². The fraction of sp³-hybridized carbons (Fsp3) is 0.412. The first kappa shape index (κ1) is 33.3. The van der Waals surface area contributed by atoms with Crippen molar-refractivity contribution in [3.05, 3.63) is 83.4 Å². The number of nitrogens with one attached hydrogen (secondary N) is 2. The lowest BCUT2D eigenvalue weighted by Crippen LogP contribution is -2.45. The van der Waals surface area contributed by atoms with Crippen LogP contribution in [0, 0.1) is 0 Å². The molecule has 3 aromatic rings. The van der Waals surface area contributed by atoms with Gasteiger partial charge in [-0.1, -0.05) is 50.1 Å². The van der Waals surface area contributed by atoms with Crippen molar-refractivity contribution in [2.75, 3.05) is 34.2 Å². The Hall–Kier alpha value is -4.64. The molecule has 0 aromatic heterocycles. The number of carbonyl (C=O) groups excluding carboxylic acids is 2. The molecule has 1 heterocycles. The van der Waals surface area contributed by atoms with Gasteiger partial charge in [-0.3, -0.25) is 4.90 Å². The highest BCUT2D eigenvalue weighted by atomic mass is 16.7. The van der Waals surface area contributed by atoms with Crippen LogP contribution in [-0.2, 0) is 17.8 Å². The van der Waals surface area contributed by atoms with E-state index in [1.54, 1.807) is 37.3 Å². The third kappa shape index (κ3) is 10.2. The first-order valence-corrected chi connectivity index (χ1v) is 15.2. The minimum absolute atomic E-state index is 0.0216. The van der Waals surface area contributed by atoms with E-state index in [4.69, 9.17) is 23.7 Å². The van der Waals surface area contributed by atoms with Gasteiger partial charge in [0.05, 0.1) is 26.4 Å². The van der Waals surface area contributed by atoms with Gasteiger partial charge in [0.15, 0.2) is 11.5 Å². The number of amides is 3. The number of hydrogen-bond donors (Lipinski definition) is 3. The molecule has 45 heavy (non-hydrogen) atoms. The zero-order valence-corrected chi connectivity index (χ0v) is 26.1. The van der Waals surface area contributed by atoms with E-state index in [9.17, 15) is 14.7 Å². The van der Waals surface area contributed by atoms with Crippen LogP contribution in [-0.4, -0.2) is 62.3 Å². The summed E-state index contributed by atoms with van der Waals surface area (Å²) in [4.78, 5) is 27.8. The average Bonchev–Trinajstić information content (AvgIpc) is 3.54. The molecule has 0 bridgehead atoms. The maximum atomic E-state index is 13.4. The van der Waals surface area contributed by atoms with Crippen LogP contribution >= 0.6 is 0 Å². The molecule has 0 spiro atoms. The van der Waals surface area contributed by atoms with Crippen LogP contribution in [0.2, 0.25) is 0 Å². The Labute approximate surface area is 264 Å². The highest BCUT2D eigenvalue weighted by Crippen LogP contribution is 2.34. The summed E-state index contributed by atoms with van der Waals surface area (Å²) >= 11 is 0. The molecule has 0 fully saturated rings. The summed E-state index contributed by atoms with van der Waals surface area (Å²) in [5, 5.41) is 16.3. The van der Waals surface area contributed by atoms with E-state index in [1.807, 2.05) is 48.5 Å². The number of hydrogen-bond acceptors (Lipinski definition) is 8. The van der Waals surface area contributed by atoms with E-state index < -0.39 is 18.2 Å². The van der Waals surface area contributed by atoms with Crippen molar-refractivity contribution in [3.63, 3.8) is 0 Å². The van der Waals surface area contributed by atoms with Crippen LogP contribution in [0.4, 0.5) is 9.59 Å². The molecule has 2 atom stereocenters. The Kier molecular flexibility index (Phi) is 12.6. The number of ether oxygens (including phenoxy) is 5. The summed E-state index contributed by atoms with van der Waals surface area (Å²) in [7, 11) is 3.21. The third-order valence-corrected chi connectivity index (χ3v) is 7.46. The van der Waals surface area contributed by atoms with Gasteiger partial charge in [-0.25, -0.2) is 9.59 Å². The molecule has 11 nitrogen and oxygen atoms in total. The van der Waals surface area contributed by atoms with Crippen molar-refractivity contribution in [2.24, 2.45) is 0 Å². The van der Waals surface area contributed by atoms with Gasteiger partial charge in [0.1, 0.15) is 18.1 Å². The van der Waals surface area contributed by atoms with Gasteiger partial charge in [-0.15, -0.1) is 0 Å². The lowest BCUT2D eigenvalue weighted by Gasteiger charge is -2.25. The predicted octanol–water partition coefficient (Wildman–Crippen LogP) is 5.55. The molecule has 4 rings (SSSR count). The number of nitrogens with zero attached hydrogens (tertiary/aromatic N) is 1. The van der Waals surface area contributed by atoms with E-state index in [-0.39, 0.29) is 26.0 Å². The minimum Gasteiger partial charge on any atom is -0.497 e. The Morgan fingerprint density at radius 2 is 1.51 bits per heavy atom. The zero-order chi connectivity index (χ0) is 32.0. The number of rotatable bonds is 16. The number of carbonyl (C=O) groups is 2. The van der Waals surface area contributed by atoms with Crippen LogP contribution in [0.25, 0.3) is 0 Å².